The van der Waals surface area contributed by atoms with Crippen molar-refractivity contribution in [3.63, 3.8) is 0 Å². The van der Waals surface area contributed by atoms with Crippen molar-refractivity contribution in [1.82, 2.24) is 0 Å². The van der Waals surface area contributed by atoms with E-state index in [-0.39, 0.29) is 5.56 Å². The van der Waals surface area contributed by atoms with Crippen LogP contribution in [-0.2, 0) is 4.79 Å². The second-order valence-corrected chi connectivity index (χ2v) is 8.18. The minimum atomic E-state index is -5.52. The lowest BCUT2D eigenvalue weighted by Crippen LogP contribution is -2.60. The Labute approximate surface area is 166 Å². The molecule has 0 spiro atoms. The van der Waals surface area contributed by atoms with E-state index in [1.165, 1.54) is 24.3 Å². The summed E-state index contributed by atoms with van der Waals surface area (Å²) >= 11 is 0.828. The third-order valence-electron chi connectivity index (χ3n) is 4.98. The van der Waals surface area contributed by atoms with Crippen LogP contribution >= 0.6 is 11.8 Å². The van der Waals surface area contributed by atoms with Crippen molar-refractivity contribution in [2.75, 3.05) is 0 Å². The Morgan fingerprint density at radius 3 is 1.83 bits per heavy atom. The van der Waals surface area contributed by atoms with Crippen LogP contribution in [-0.4, -0.2) is 28.8 Å². The molecule has 2 nitrogen and oxygen atoms in total. The lowest BCUT2D eigenvalue weighted by Gasteiger charge is -2.47. The highest BCUT2D eigenvalue weighted by molar-refractivity contribution is 7.99. The fourth-order valence-corrected chi connectivity index (χ4v) is 5.40. The van der Waals surface area contributed by atoms with Gasteiger partial charge in [0.1, 0.15) is 0 Å². The molecule has 1 fully saturated rings. The lowest BCUT2D eigenvalue weighted by atomic mass is 9.74. The topological polar surface area (TPSA) is 37.3 Å². The van der Waals surface area contributed by atoms with Crippen LogP contribution in [0.3, 0.4) is 0 Å². The van der Waals surface area contributed by atoms with E-state index in [0.29, 0.717) is 5.56 Å². The molecule has 0 bridgehead atoms. The van der Waals surface area contributed by atoms with E-state index in [9.17, 15) is 36.2 Å². The third kappa shape index (κ3) is 4.16. The molecular weight excluding hydrogens is 418 g/mol. The molecule has 1 saturated heterocycles. The summed E-state index contributed by atoms with van der Waals surface area (Å²) in [5.74, 6) is -5.29. The molecule has 0 aliphatic carbocycles. The molecule has 1 heterocycles. The average molecular weight is 434 g/mol. The molecule has 1 N–H and O–H groups in total. The zero-order chi connectivity index (χ0) is 21.4. The SMILES string of the molecule is O=C([C@H]1[C@H](c2ccccc2)S[C@H](c2ccccc2)C[C@]1(O)C(F)(F)F)C(F)(F)F. The second-order valence-electron chi connectivity index (χ2n) is 6.83. The summed E-state index contributed by atoms with van der Waals surface area (Å²) in [4.78, 5) is 12.1. The number of carbonyl (C=O) groups excluding carboxylic acids is 1. The molecule has 0 aromatic heterocycles. The number of alkyl halides is 6. The number of aliphatic hydroxyl groups is 1. The lowest BCUT2D eigenvalue weighted by molar-refractivity contribution is -0.285. The average Bonchev–Trinajstić information content (AvgIpc) is 2.66. The number of Topliss-reactive ketones (excluding diaryl/α,β-unsaturated/α-hetero) is 1. The fraction of sp³-hybridized carbons (Fsp3) is 0.350. The smallest absolute Gasteiger partial charge is 0.380 e. The van der Waals surface area contributed by atoms with Crippen LogP contribution in [0.15, 0.2) is 60.7 Å². The summed E-state index contributed by atoms with van der Waals surface area (Å²) in [5, 5.41) is 8.12. The second kappa shape index (κ2) is 7.68. The van der Waals surface area contributed by atoms with Gasteiger partial charge in [-0.25, -0.2) is 0 Å². The highest BCUT2D eigenvalue weighted by Crippen LogP contribution is 2.61. The Hall–Kier alpha value is -2.00. The first-order chi connectivity index (χ1) is 13.4. The standard InChI is InChI=1S/C20H16F6O2S/c21-19(22,23)17(27)15-16(13-9-5-2-6-10-13)29-14(12-7-3-1-4-8-12)11-18(15,28)20(24,25)26/h1-10,14-16,28H,11H2/t14-,15+,16-,18+/m0/s1. The maximum atomic E-state index is 13.9. The summed E-state index contributed by atoms with van der Waals surface area (Å²) in [7, 11) is 0. The van der Waals surface area contributed by atoms with Crippen molar-refractivity contribution >= 4 is 17.5 Å². The van der Waals surface area contributed by atoms with Crippen LogP contribution in [0.25, 0.3) is 0 Å². The van der Waals surface area contributed by atoms with Gasteiger partial charge >= 0.3 is 12.4 Å². The Balaban J connectivity index is 2.18. The molecule has 0 unspecified atom stereocenters. The first-order valence-electron chi connectivity index (χ1n) is 8.60. The maximum absolute atomic E-state index is 13.9. The first kappa shape index (κ1) is 21.7. The van der Waals surface area contributed by atoms with Gasteiger partial charge in [-0.3, -0.25) is 4.79 Å². The molecule has 1 aliphatic rings. The molecule has 0 saturated carbocycles. The number of thioether (sulfide) groups is 1. The number of rotatable bonds is 3. The van der Waals surface area contributed by atoms with E-state index < -0.39 is 46.6 Å². The molecule has 3 rings (SSSR count). The molecule has 156 valence electrons. The number of ketones is 1. The Kier molecular flexibility index (Phi) is 5.75. The highest BCUT2D eigenvalue weighted by atomic mass is 32.2. The van der Waals surface area contributed by atoms with Gasteiger partial charge < -0.3 is 5.11 Å². The Morgan fingerprint density at radius 1 is 0.897 bits per heavy atom. The van der Waals surface area contributed by atoms with Crippen molar-refractivity contribution < 1.29 is 36.2 Å². The molecule has 2 aromatic rings. The number of hydrogen-bond acceptors (Lipinski definition) is 3. The van der Waals surface area contributed by atoms with Gasteiger partial charge in [0, 0.05) is 16.9 Å². The Bertz CT molecular complexity index is 853. The summed E-state index contributed by atoms with van der Waals surface area (Å²) in [6, 6.07) is 15.1. The van der Waals surface area contributed by atoms with Crippen molar-refractivity contribution in [2.45, 2.75) is 34.9 Å². The van der Waals surface area contributed by atoms with Crippen LogP contribution in [0, 0.1) is 5.92 Å². The number of carbonyl (C=O) groups is 1. The molecule has 0 amide bonds. The van der Waals surface area contributed by atoms with E-state index in [1.54, 1.807) is 36.4 Å². The van der Waals surface area contributed by atoms with E-state index in [1.807, 2.05) is 0 Å². The normalized spacial score (nSPS) is 28.2. The van der Waals surface area contributed by atoms with Gasteiger partial charge in [0.05, 0.1) is 5.92 Å². The molecular formula is C20H16F6O2S. The maximum Gasteiger partial charge on any atom is 0.450 e. The van der Waals surface area contributed by atoms with Crippen molar-refractivity contribution in [3.05, 3.63) is 71.8 Å². The molecule has 9 heteroatoms. The Morgan fingerprint density at radius 2 is 1.38 bits per heavy atom. The number of hydrogen-bond donors (Lipinski definition) is 1. The van der Waals surface area contributed by atoms with Crippen LogP contribution in [0.2, 0.25) is 0 Å². The number of halogens is 6. The van der Waals surface area contributed by atoms with Crippen LogP contribution < -0.4 is 0 Å². The van der Waals surface area contributed by atoms with Gasteiger partial charge in [-0.15, -0.1) is 11.8 Å². The third-order valence-corrected chi connectivity index (χ3v) is 6.58. The monoisotopic (exact) mass is 434 g/mol. The van der Waals surface area contributed by atoms with E-state index in [4.69, 9.17) is 0 Å². The van der Waals surface area contributed by atoms with Crippen molar-refractivity contribution in [1.29, 1.82) is 0 Å². The van der Waals surface area contributed by atoms with Gasteiger partial charge in [-0.2, -0.15) is 26.3 Å². The van der Waals surface area contributed by atoms with E-state index in [0.717, 1.165) is 11.8 Å². The van der Waals surface area contributed by atoms with Gasteiger partial charge in [0.15, 0.2) is 5.60 Å². The zero-order valence-electron chi connectivity index (χ0n) is 14.7. The van der Waals surface area contributed by atoms with Crippen LogP contribution in [0.5, 0.6) is 0 Å². The zero-order valence-corrected chi connectivity index (χ0v) is 15.6. The summed E-state index contributed by atoms with van der Waals surface area (Å²) in [6.45, 7) is 0. The van der Waals surface area contributed by atoms with Gasteiger partial charge in [0.2, 0.25) is 5.78 Å². The van der Waals surface area contributed by atoms with Gasteiger partial charge in [-0.05, 0) is 11.1 Å². The molecule has 2 aromatic carbocycles. The quantitative estimate of drug-likeness (QED) is 0.635. The largest absolute Gasteiger partial charge is 0.450 e. The minimum absolute atomic E-state index is 0.114. The van der Waals surface area contributed by atoms with Crippen LogP contribution in [0.1, 0.15) is 28.0 Å². The molecule has 4 atom stereocenters. The van der Waals surface area contributed by atoms with Crippen LogP contribution in [0.4, 0.5) is 26.3 Å². The van der Waals surface area contributed by atoms with Crippen molar-refractivity contribution in [3.8, 4) is 0 Å². The minimum Gasteiger partial charge on any atom is -0.380 e. The van der Waals surface area contributed by atoms with E-state index >= 15 is 0 Å². The highest BCUT2D eigenvalue weighted by Gasteiger charge is 2.68. The van der Waals surface area contributed by atoms with E-state index in [2.05, 4.69) is 0 Å². The van der Waals surface area contributed by atoms with Gasteiger partial charge in [-0.1, -0.05) is 60.7 Å². The summed E-state index contributed by atoms with van der Waals surface area (Å²) in [6.07, 6.45) is -12.0. The first-order valence-corrected chi connectivity index (χ1v) is 9.55. The molecule has 29 heavy (non-hydrogen) atoms. The predicted octanol–water partition coefficient (Wildman–Crippen LogP) is 5.65. The van der Waals surface area contributed by atoms with Crippen molar-refractivity contribution in [2.24, 2.45) is 5.92 Å². The molecule has 1 aliphatic heterocycles. The number of benzene rings is 2. The van der Waals surface area contributed by atoms with Gasteiger partial charge in [0.25, 0.3) is 0 Å². The molecule has 0 radical (unpaired) electrons. The summed E-state index contributed by atoms with van der Waals surface area (Å²) in [5.41, 5.74) is -3.28. The summed E-state index contributed by atoms with van der Waals surface area (Å²) < 4.78 is 81.5. The fourth-order valence-electron chi connectivity index (χ4n) is 3.56. The predicted molar refractivity (Wildman–Crippen MR) is 96.1 cm³/mol.